The van der Waals surface area contributed by atoms with E-state index in [2.05, 4.69) is 37.7 Å². The Kier molecular flexibility index (Phi) is 5.03. The van der Waals surface area contributed by atoms with Crippen LogP contribution in [0.5, 0.6) is 0 Å². The van der Waals surface area contributed by atoms with Crippen LogP contribution in [-0.2, 0) is 0 Å². The molecule has 0 bridgehead atoms. The number of likely N-dealkylation sites (N-methyl/N-ethyl adjacent to an activating group) is 1. The fourth-order valence-corrected chi connectivity index (χ4v) is 2.60. The van der Waals surface area contributed by atoms with E-state index in [0.29, 0.717) is 5.92 Å². The summed E-state index contributed by atoms with van der Waals surface area (Å²) in [6.07, 6.45) is 1.20. The van der Waals surface area contributed by atoms with Crippen LogP contribution in [0, 0.1) is 11.8 Å². The van der Waals surface area contributed by atoms with Crippen molar-refractivity contribution in [3.63, 3.8) is 0 Å². The molecule has 0 aromatic carbocycles. The second-order valence-electron chi connectivity index (χ2n) is 5.24. The van der Waals surface area contributed by atoms with Gasteiger partial charge < -0.3 is 15.5 Å². The highest BCUT2D eigenvalue weighted by Crippen LogP contribution is 2.21. The topological polar surface area (TPSA) is 32.5 Å². The van der Waals surface area contributed by atoms with E-state index in [-0.39, 0.29) is 0 Å². The van der Waals surface area contributed by atoms with Crippen LogP contribution >= 0.6 is 0 Å². The average molecular weight is 213 g/mol. The lowest BCUT2D eigenvalue weighted by molar-refractivity contribution is 0.237. The molecule has 0 spiro atoms. The SMILES string of the molecule is CCC(CN)CN1CC(C)C(N(C)C)C1. The van der Waals surface area contributed by atoms with Crippen molar-refractivity contribution in [2.24, 2.45) is 17.6 Å². The molecule has 0 saturated carbocycles. The number of rotatable bonds is 5. The van der Waals surface area contributed by atoms with Gasteiger partial charge >= 0.3 is 0 Å². The molecule has 0 aromatic heterocycles. The molecule has 0 amide bonds. The summed E-state index contributed by atoms with van der Waals surface area (Å²) in [5.41, 5.74) is 5.75. The molecule has 15 heavy (non-hydrogen) atoms. The third kappa shape index (κ3) is 3.44. The zero-order valence-corrected chi connectivity index (χ0v) is 10.7. The maximum atomic E-state index is 5.75. The van der Waals surface area contributed by atoms with Gasteiger partial charge in [-0.2, -0.15) is 0 Å². The van der Waals surface area contributed by atoms with Crippen LogP contribution in [0.1, 0.15) is 20.3 Å². The molecule has 3 unspecified atom stereocenters. The van der Waals surface area contributed by atoms with Gasteiger partial charge in [0.2, 0.25) is 0 Å². The van der Waals surface area contributed by atoms with E-state index < -0.39 is 0 Å². The summed E-state index contributed by atoms with van der Waals surface area (Å²) in [4.78, 5) is 4.93. The first-order valence-electron chi connectivity index (χ1n) is 6.17. The Bertz CT molecular complexity index is 176. The van der Waals surface area contributed by atoms with Crippen LogP contribution < -0.4 is 5.73 Å². The van der Waals surface area contributed by atoms with Crippen LogP contribution in [0.3, 0.4) is 0 Å². The Morgan fingerprint density at radius 1 is 1.40 bits per heavy atom. The van der Waals surface area contributed by atoms with E-state index >= 15 is 0 Å². The molecule has 3 heteroatoms. The molecule has 1 aliphatic heterocycles. The van der Waals surface area contributed by atoms with Crippen LogP contribution in [0.25, 0.3) is 0 Å². The zero-order chi connectivity index (χ0) is 11.4. The zero-order valence-electron chi connectivity index (χ0n) is 10.7. The maximum absolute atomic E-state index is 5.75. The highest BCUT2D eigenvalue weighted by atomic mass is 15.2. The van der Waals surface area contributed by atoms with Crippen molar-refractivity contribution in [2.45, 2.75) is 26.3 Å². The van der Waals surface area contributed by atoms with Gasteiger partial charge in [-0.05, 0) is 32.5 Å². The fourth-order valence-electron chi connectivity index (χ4n) is 2.60. The third-order valence-corrected chi connectivity index (χ3v) is 3.74. The Morgan fingerprint density at radius 2 is 2.07 bits per heavy atom. The molecule has 0 radical (unpaired) electrons. The van der Waals surface area contributed by atoms with Gasteiger partial charge in [-0.3, -0.25) is 0 Å². The quantitative estimate of drug-likeness (QED) is 0.735. The van der Waals surface area contributed by atoms with Gasteiger partial charge in [-0.1, -0.05) is 20.3 Å². The summed E-state index contributed by atoms with van der Waals surface area (Å²) in [7, 11) is 4.37. The molecule has 0 aromatic rings. The Labute approximate surface area is 94.6 Å². The van der Waals surface area contributed by atoms with Gasteiger partial charge in [0.25, 0.3) is 0 Å². The van der Waals surface area contributed by atoms with Gasteiger partial charge in [-0.25, -0.2) is 0 Å². The van der Waals surface area contributed by atoms with E-state index in [4.69, 9.17) is 5.73 Å². The van der Waals surface area contributed by atoms with Gasteiger partial charge in [0.1, 0.15) is 0 Å². The lowest BCUT2D eigenvalue weighted by Gasteiger charge is -2.24. The summed E-state index contributed by atoms with van der Waals surface area (Å²) in [6.45, 7) is 9.05. The molecule has 1 saturated heterocycles. The number of nitrogens with zero attached hydrogens (tertiary/aromatic N) is 2. The monoisotopic (exact) mass is 213 g/mol. The van der Waals surface area contributed by atoms with Crippen LogP contribution in [0.15, 0.2) is 0 Å². The van der Waals surface area contributed by atoms with Gasteiger partial charge in [0, 0.05) is 25.7 Å². The lowest BCUT2D eigenvalue weighted by Crippen LogP contribution is -2.36. The van der Waals surface area contributed by atoms with Crippen LogP contribution in [0.2, 0.25) is 0 Å². The van der Waals surface area contributed by atoms with Gasteiger partial charge in [0.05, 0.1) is 0 Å². The molecule has 2 N–H and O–H groups in total. The minimum absolute atomic E-state index is 0.679. The number of hydrogen-bond acceptors (Lipinski definition) is 3. The third-order valence-electron chi connectivity index (χ3n) is 3.74. The van der Waals surface area contributed by atoms with E-state index in [9.17, 15) is 0 Å². The number of likely N-dealkylation sites (tertiary alicyclic amines) is 1. The van der Waals surface area contributed by atoms with Gasteiger partial charge in [0.15, 0.2) is 0 Å². The smallest absolute Gasteiger partial charge is 0.0254 e. The summed E-state index contributed by atoms with van der Waals surface area (Å²) in [5.74, 6) is 1.47. The molecule has 1 heterocycles. The first kappa shape index (κ1) is 12.9. The van der Waals surface area contributed by atoms with Gasteiger partial charge in [-0.15, -0.1) is 0 Å². The van der Waals surface area contributed by atoms with Crippen LogP contribution in [-0.4, -0.2) is 56.1 Å². The van der Waals surface area contributed by atoms with E-state index in [1.54, 1.807) is 0 Å². The Hall–Kier alpha value is -0.120. The first-order valence-corrected chi connectivity index (χ1v) is 6.17. The molecule has 3 nitrogen and oxygen atoms in total. The first-order chi connectivity index (χ1) is 7.08. The highest BCUT2D eigenvalue weighted by Gasteiger charge is 2.31. The molecule has 1 fully saturated rings. The van der Waals surface area contributed by atoms with Crippen molar-refractivity contribution in [3.05, 3.63) is 0 Å². The standard InChI is InChI=1S/C12H27N3/c1-5-11(6-13)8-15-7-10(2)12(9-15)14(3)4/h10-12H,5-9,13H2,1-4H3. The average Bonchev–Trinajstić information content (AvgIpc) is 2.56. The molecule has 3 atom stereocenters. The summed E-state index contributed by atoms with van der Waals surface area (Å²) in [6, 6.07) is 0.722. The second kappa shape index (κ2) is 5.83. The fraction of sp³-hybridized carbons (Fsp3) is 1.00. The summed E-state index contributed by atoms with van der Waals surface area (Å²) in [5, 5.41) is 0. The molecule has 0 aliphatic carbocycles. The van der Waals surface area contributed by atoms with Crippen molar-refractivity contribution < 1.29 is 0 Å². The molecule has 1 aliphatic rings. The second-order valence-corrected chi connectivity index (χ2v) is 5.24. The van der Waals surface area contributed by atoms with E-state index in [1.807, 2.05) is 0 Å². The van der Waals surface area contributed by atoms with Crippen LogP contribution in [0.4, 0.5) is 0 Å². The predicted molar refractivity (Wildman–Crippen MR) is 65.9 cm³/mol. The van der Waals surface area contributed by atoms with Crippen molar-refractivity contribution in [3.8, 4) is 0 Å². The Balaban J connectivity index is 2.40. The maximum Gasteiger partial charge on any atom is 0.0254 e. The van der Waals surface area contributed by atoms with E-state index in [1.165, 1.54) is 26.1 Å². The summed E-state index contributed by atoms with van der Waals surface area (Å²) < 4.78 is 0. The van der Waals surface area contributed by atoms with Crippen molar-refractivity contribution in [1.29, 1.82) is 0 Å². The van der Waals surface area contributed by atoms with Crippen molar-refractivity contribution in [1.82, 2.24) is 9.80 Å². The number of nitrogens with two attached hydrogens (primary N) is 1. The normalized spacial score (nSPS) is 30.0. The number of hydrogen-bond donors (Lipinski definition) is 1. The molecule has 1 rings (SSSR count). The molecular weight excluding hydrogens is 186 g/mol. The minimum atomic E-state index is 0.679. The predicted octanol–water partition coefficient (Wildman–Crippen LogP) is 0.853. The largest absolute Gasteiger partial charge is 0.330 e. The van der Waals surface area contributed by atoms with Crippen molar-refractivity contribution in [2.75, 3.05) is 40.3 Å². The lowest BCUT2D eigenvalue weighted by atomic mass is 10.1. The molecule has 90 valence electrons. The van der Waals surface area contributed by atoms with E-state index in [0.717, 1.165) is 18.5 Å². The summed E-state index contributed by atoms with van der Waals surface area (Å²) >= 11 is 0. The highest BCUT2D eigenvalue weighted by molar-refractivity contribution is 4.87. The Morgan fingerprint density at radius 3 is 2.47 bits per heavy atom. The van der Waals surface area contributed by atoms with Crippen molar-refractivity contribution >= 4 is 0 Å². The minimum Gasteiger partial charge on any atom is -0.330 e. The molecular formula is C12H27N3.